The minimum absolute atomic E-state index is 0.0202. The average molecular weight is 391 g/mol. The predicted molar refractivity (Wildman–Crippen MR) is 113 cm³/mol. The molecule has 1 aromatic carbocycles. The van der Waals surface area contributed by atoms with E-state index in [1.54, 1.807) is 18.4 Å². The molecule has 3 aromatic rings. The van der Waals surface area contributed by atoms with Crippen LogP contribution in [0.4, 0.5) is 5.82 Å². The van der Waals surface area contributed by atoms with E-state index in [1.807, 2.05) is 55.1 Å². The molecule has 1 saturated heterocycles. The lowest BCUT2D eigenvalue weighted by Gasteiger charge is -2.26. The number of para-hydroxylation sites is 1. The maximum absolute atomic E-state index is 12.7. The number of phenolic OH excluding ortho intramolecular Hbond substituents is 1. The summed E-state index contributed by atoms with van der Waals surface area (Å²) in [6.07, 6.45) is 3.34. The molecule has 6 heteroatoms. The zero-order valence-electron chi connectivity index (χ0n) is 16.6. The zero-order chi connectivity index (χ0) is 20.4. The fourth-order valence-corrected chi connectivity index (χ4v) is 3.77. The summed E-state index contributed by atoms with van der Waals surface area (Å²) in [6.45, 7) is 4.68. The highest BCUT2D eigenvalue weighted by molar-refractivity contribution is 5.86. The molecule has 3 heterocycles. The second kappa shape index (κ2) is 7.99. The number of hydrogen-bond donors (Lipinski definition) is 2. The fourth-order valence-electron chi connectivity index (χ4n) is 3.77. The first-order valence-corrected chi connectivity index (χ1v) is 9.94. The van der Waals surface area contributed by atoms with E-state index in [0.717, 1.165) is 24.9 Å². The van der Waals surface area contributed by atoms with Crippen molar-refractivity contribution in [2.75, 3.05) is 11.4 Å². The molecule has 2 aromatic heterocycles. The third-order valence-electron chi connectivity index (χ3n) is 5.08. The second-order valence-corrected chi connectivity index (χ2v) is 7.61. The molecule has 0 spiro atoms. The molecule has 4 rings (SSSR count). The molecule has 0 bridgehead atoms. The van der Waals surface area contributed by atoms with Crippen molar-refractivity contribution >= 4 is 11.7 Å². The van der Waals surface area contributed by atoms with Crippen molar-refractivity contribution in [1.82, 2.24) is 10.3 Å². The molecule has 150 valence electrons. The number of furan rings is 1. The largest absolute Gasteiger partial charge is 0.507 e. The Balaban J connectivity index is 1.78. The topological polar surface area (TPSA) is 78.6 Å². The maximum Gasteiger partial charge on any atom is 0.242 e. The molecule has 0 aliphatic carbocycles. The van der Waals surface area contributed by atoms with Gasteiger partial charge in [0.15, 0.2) is 0 Å². The van der Waals surface area contributed by atoms with Gasteiger partial charge in [-0.3, -0.25) is 4.79 Å². The molecule has 1 aliphatic heterocycles. The first-order valence-electron chi connectivity index (χ1n) is 9.94. The number of anilines is 1. The molecule has 1 aliphatic rings. The van der Waals surface area contributed by atoms with Crippen molar-refractivity contribution in [3.05, 3.63) is 54.8 Å². The van der Waals surface area contributed by atoms with Crippen LogP contribution in [-0.2, 0) is 4.79 Å². The zero-order valence-corrected chi connectivity index (χ0v) is 16.6. The van der Waals surface area contributed by atoms with Crippen LogP contribution in [0.15, 0.2) is 59.2 Å². The number of nitrogens with zero attached hydrogens (tertiary/aromatic N) is 2. The van der Waals surface area contributed by atoms with Gasteiger partial charge in [0.05, 0.1) is 12.0 Å². The van der Waals surface area contributed by atoms with Crippen molar-refractivity contribution in [2.24, 2.45) is 0 Å². The number of aromatic nitrogens is 1. The van der Waals surface area contributed by atoms with Gasteiger partial charge in [-0.2, -0.15) is 0 Å². The number of pyridine rings is 1. The summed E-state index contributed by atoms with van der Waals surface area (Å²) in [5, 5.41) is 13.4. The Labute approximate surface area is 170 Å². The van der Waals surface area contributed by atoms with Gasteiger partial charge in [-0.15, -0.1) is 0 Å². The summed E-state index contributed by atoms with van der Waals surface area (Å²) < 4.78 is 5.60. The molecule has 1 amide bonds. The van der Waals surface area contributed by atoms with E-state index in [1.165, 1.54) is 0 Å². The molecule has 29 heavy (non-hydrogen) atoms. The minimum atomic E-state index is -0.256. The third-order valence-corrected chi connectivity index (χ3v) is 5.08. The van der Waals surface area contributed by atoms with Gasteiger partial charge in [-0.05, 0) is 63.1 Å². The van der Waals surface area contributed by atoms with Crippen molar-refractivity contribution in [3.63, 3.8) is 0 Å². The van der Waals surface area contributed by atoms with Crippen LogP contribution < -0.4 is 10.2 Å². The van der Waals surface area contributed by atoms with Crippen LogP contribution in [0.3, 0.4) is 0 Å². The summed E-state index contributed by atoms with van der Waals surface area (Å²) in [6, 6.07) is 14.5. The summed E-state index contributed by atoms with van der Waals surface area (Å²) in [5.74, 6) is 1.61. The Bertz CT molecular complexity index is 998. The minimum Gasteiger partial charge on any atom is -0.507 e. The van der Waals surface area contributed by atoms with E-state index in [2.05, 4.69) is 5.32 Å². The number of amides is 1. The quantitative estimate of drug-likeness (QED) is 0.681. The van der Waals surface area contributed by atoms with Crippen molar-refractivity contribution in [3.8, 4) is 28.3 Å². The highest BCUT2D eigenvalue weighted by Crippen LogP contribution is 2.35. The first kappa shape index (κ1) is 19.1. The van der Waals surface area contributed by atoms with E-state index >= 15 is 0 Å². The van der Waals surface area contributed by atoms with Crippen LogP contribution in [0, 0.1) is 0 Å². The molecule has 1 fully saturated rings. The molecule has 0 saturated carbocycles. The van der Waals surface area contributed by atoms with E-state index in [0.29, 0.717) is 22.8 Å². The molecular formula is C23H25N3O3. The fraction of sp³-hybridized carbons (Fsp3) is 0.304. The van der Waals surface area contributed by atoms with E-state index in [9.17, 15) is 9.90 Å². The van der Waals surface area contributed by atoms with Crippen LogP contribution in [0.25, 0.3) is 22.6 Å². The Morgan fingerprint density at radius 3 is 2.79 bits per heavy atom. The lowest BCUT2D eigenvalue weighted by Crippen LogP contribution is -2.45. The number of hydrogen-bond acceptors (Lipinski definition) is 5. The van der Waals surface area contributed by atoms with Crippen LogP contribution in [0.5, 0.6) is 5.75 Å². The number of rotatable bonds is 5. The average Bonchev–Trinajstić information content (AvgIpc) is 3.39. The lowest BCUT2D eigenvalue weighted by molar-refractivity contribution is -0.122. The Morgan fingerprint density at radius 2 is 2.07 bits per heavy atom. The van der Waals surface area contributed by atoms with E-state index in [4.69, 9.17) is 9.40 Å². The van der Waals surface area contributed by atoms with E-state index in [-0.39, 0.29) is 23.7 Å². The lowest BCUT2D eigenvalue weighted by atomic mass is 10.1. The second-order valence-electron chi connectivity index (χ2n) is 7.61. The number of carbonyl (C=O) groups is 1. The molecular weight excluding hydrogens is 366 g/mol. The van der Waals surface area contributed by atoms with Crippen molar-refractivity contribution in [2.45, 2.75) is 38.8 Å². The smallest absolute Gasteiger partial charge is 0.242 e. The van der Waals surface area contributed by atoms with Crippen molar-refractivity contribution < 1.29 is 14.3 Å². The summed E-state index contributed by atoms with van der Waals surface area (Å²) in [4.78, 5) is 19.6. The molecule has 2 N–H and O–H groups in total. The summed E-state index contributed by atoms with van der Waals surface area (Å²) >= 11 is 0. The van der Waals surface area contributed by atoms with Gasteiger partial charge < -0.3 is 19.7 Å². The third kappa shape index (κ3) is 3.97. The standard InChI is InChI=1S/C23H25N3O3/c1-15(2)24-23(28)19-8-5-11-26(19)22-14-16(21-10-6-12-29-21)13-18(25-22)17-7-3-4-9-20(17)27/h3-4,6-7,9-10,12-15,19,27H,5,8,11H2,1-2H3,(H,24,28)/t19-/m0/s1. The Hall–Kier alpha value is -3.28. The van der Waals surface area contributed by atoms with Crippen LogP contribution >= 0.6 is 0 Å². The van der Waals surface area contributed by atoms with Gasteiger partial charge in [-0.1, -0.05) is 12.1 Å². The van der Waals surface area contributed by atoms with Gasteiger partial charge >= 0.3 is 0 Å². The maximum atomic E-state index is 12.7. The summed E-state index contributed by atoms with van der Waals surface area (Å²) in [7, 11) is 0. The number of carbonyl (C=O) groups excluding carboxylic acids is 1. The Morgan fingerprint density at radius 1 is 1.24 bits per heavy atom. The van der Waals surface area contributed by atoms with Gasteiger partial charge in [0, 0.05) is 23.7 Å². The number of phenols is 1. The van der Waals surface area contributed by atoms with Crippen molar-refractivity contribution in [1.29, 1.82) is 0 Å². The van der Waals surface area contributed by atoms with Gasteiger partial charge in [0.1, 0.15) is 23.4 Å². The molecule has 6 nitrogen and oxygen atoms in total. The first-order chi connectivity index (χ1) is 14.0. The molecule has 0 unspecified atom stereocenters. The number of benzene rings is 1. The van der Waals surface area contributed by atoms with Gasteiger partial charge in [0.25, 0.3) is 0 Å². The van der Waals surface area contributed by atoms with E-state index < -0.39 is 0 Å². The molecule has 0 radical (unpaired) electrons. The normalized spacial score (nSPS) is 16.4. The van der Waals surface area contributed by atoms with Crippen LogP contribution in [0.2, 0.25) is 0 Å². The number of aromatic hydroxyl groups is 1. The predicted octanol–water partition coefficient (Wildman–Crippen LogP) is 4.21. The highest BCUT2D eigenvalue weighted by atomic mass is 16.3. The molecule has 1 atom stereocenters. The van der Waals surface area contributed by atoms with Crippen LogP contribution in [-0.4, -0.2) is 34.6 Å². The summed E-state index contributed by atoms with van der Waals surface area (Å²) in [5.41, 5.74) is 2.14. The van der Waals surface area contributed by atoms with Gasteiger partial charge in [0.2, 0.25) is 5.91 Å². The number of nitrogens with one attached hydrogen (secondary N) is 1. The van der Waals surface area contributed by atoms with Gasteiger partial charge in [-0.25, -0.2) is 4.98 Å². The Kier molecular flexibility index (Phi) is 5.25. The highest BCUT2D eigenvalue weighted by Gasteiger charge is 2.32. The monoisotopic (exact) mass is 391 g/mol. The SMILES string of the molecule is CC(C)NC(=O)[C@@H]1CCCN1c1cc(-c2ccco2)cc(-c2ccccc2O)n1. The van der Waals surface area contributed by atoms with Crippen LogP contribution in [0.1, 0.15) is 26.7 Å².